The highest BCUT2D eigenvalue weighted by Gasteiger charge is 2.10. The molecule has 0 heterocycles. The Morgan fingerprint density at radius 1 is 0.947 bits per heavy atom. The number of nitrogens with one attached hydrogen (secondary N) is 1. The molecule has 1 unspecified atom stereocenters. The van der Waals surface area contributed by atoms with Crippen LogP contribution in [-0.4, -0.2) is 5.88 Å². The van der Waals surface area contributed by atoms with Crippen molar-refractivity contribution in [3.63, 3.8) is 0 Å². The first-order valence-corrected chi connectivity index (χ1v) is 7.15. The first-order chi connectivity index (χ1) is 9.22. The molecule has 0 fully saturated rings. The van der Waals surface area contributed by atoms with Crippen LogP contribution in [0.5, 0.6) is 0 Å². The van der Waals surface area contributed by atoms with Crippen molar-refractivity contribution in [2.75, 3.05) is 5.88 Å². The molecule has 2 heteroatoms. The molecule has 0 aliphatic heterocycles. The molecule has 0 aromatic heterocycles. The predicted octanol–water partition coefficient (Wildman–Crippen LogP) is 4.37. The molecule has 0 saturated carbocycles. The van der Waals surface area contributed by atoms with Crippen molar-refractivity contribution in [1.29, 1.82) is 0 Å². The van der Waals surface area contributed by atoms with Crippen LogP contribution in [0.15, 0.2) is 48.5 Å². The van der Waals surface area contributed by atoms with Crippen LogP contribution >= 0.6 is 11.6 Å². The fourth-order valence-electron chi connectivity index (χ4n) is 2.30. The van der Waals surface area contributed by atoms with Crippen molar-refractivity contribution in [2.24, 2.45) is 0 Å². The Bertz CT molecular complexity index is 502. The van der Waals surface area contributed by atoms with Gasteiger partial charge in [0, 0.05) is 18.5 Å². The Hall–Kier alpha value is -1.31. The van der Waals surface area contributed by atoms with Crippen LogP contribution in [0.4, 0.5) is 0 Å². The average molecular weight is 274 g/mol. The lowest BCUT2D eigenvalue weighted by molar-refractivity contribution is 0.577. The van der Waals surface area contributed by atoms with Gasteiger partial charge in [-0.15, -0.1) is 11.6 Å². The molecular formula is C17H20ClN. The number of halogens is 1. The van der Waals surface area contributed by atoms with E-state index >= 15 is 0 Å². The first-order valence-electron chi connectivity index (χ1n) is 6.61. The summed E-state index contributed by atoms with van der Waals surface area (Å²) in [7, 11) is 0. The van der Waals surface area contributed by atoms with Crippen molar-refractivity contribution < 1.29 is 0 Å². The van der Waals surface area contributed by atoms with E-state index in [-0.39, 0.29) is 6.04 Å². The van der Waals surface area contributed by atoms with Crippen molar-refractivity contribution in [1.82, 2.24) is 5.32 Å². The zero-order chi connectivity index (χ0) is 13.7. The van der Waals surface area contributed by atoms with Crippen molar-refractivity contribution in [2.45, 2.75) is 26.4 Å². The molecule has 1 nitrogen and oxygen atoms in total. The van der Waals surface area contributed by atoms with Crippen molar-refractivity contribution in [3.8, 4) is 0 Å². The van der Waals surface area contributed by atoms with Crippen LogP contribution in [0.1, 0.15) is 28.3 Å². The van der Waals surface area contributed by atoms with Crippen LogP contribution in [-0.2, 0) is 6.54 Å². The van der Waals surface area contributed by atoms with E-state index < -0.39 is 0 Å². The van der Waals surface area contributed by atoms with Gasteiger partial charge in [0.15, 0.2) is 0 Å². The Kier molecular flexibility index (Phi) is 5.00. The minimum absolute atomic E-state index is 0.196. The summed E-state index contributed by atoms with van der Waals surface area (Å²) in [5.41, 5.74) is 5.26. The molecule has 0 saturated heterocycles. The van der Waals surface area contributed by atoms with Gasteiger partial charge in [-0.3, -0.25) is 0 Å². The molecule has 2 rings (SSSR count). The van der Waals surface area contributed by atoms with E-state index in [0.717, 1.165) is 6.54 Å². The summed E-state index contributed by atoms with van der Waals surface area (Å²) in [6.07, 6.45) is 0. The summed E-state index contributed by atoms with van der Waals surface area (Å²) in [4.78, 5) is 0. The third-order valence-electron chi connectivity index (χ3n) is 3.53. The van der Waals surface area contributed by atoms with Gasteiger partial charge in [0.25, 0.3) is 0 Å². The van der Waals surface area contributed by atoms with Crippen molar-refractivity contribution >= 4 is 11.6 Å². The zero-order valence-electron chi connectivity index (χ0n) is 11.5. The molecule has 0 bridgehead atoms. The number of benzene rings is 2. The minimum Gasteiger partial charge on any atom is -0.305 e. The van der Waals surface area contributed by atoms with Gasteiger partial charge in [-0.05, 0) is 36.1 Å². The Labute approximate surface area is 120 Å². The van der Waals surface area contributed by atoms with Gasteiger partial charge in [0.2, 0.25) is 0 Å². The molecule has 0 spiro atoms. The lowest BCUT2D eigenvalue weighted by atomic mass is 10.0. The second-order valence-corrected chi connectivity index (χ2v) is 5.18. The number of hydrogen-bond donors (Lipinski definition) is 1. The maximum atomic E-state index is 6.09. The summed E-state index contributed by atoms with van der Waals surface area (Å²) < 4.78 is 0. The van der Waals surface area contributed by atoms with Crippen LogP contribution in [0.25, 0.3) is 0 Å². The maximum Gasteiger partial charge on any atom is 0.0460 e. The lowest BCUT2D eigenvalue weighted by Crippen LogP contribution is -2.23. The van der Waals surface area contributed by atoms with E-state index in [2.05, 4.69) is 61.6 Å². The van der Waals surface area contributed by atoms with E-state index in [4.69, 9.17) is 11.6 Å². The van der Waals surface area contributed by atoms with E-state index in [0.29, 0.717) is 5.88 Å². The van der Waals surface area contributed by atoms with Gasteiger partial charge in [-0.2, -0.15) is 0 Å². The van der Waals surface area contributed by atoms with Crippen LogP contribution in [0, 0.1) is 13.8 Å². The van der Waals surface area contributed by atoms with Gasteiger partial charge < -0.3 is 5.32 Å². The summed E-state index contributed by atoms with van der Waals surface area (Å²) >= 11 is 6.09. The summed E-state index contributed by atoms with van der Waals surface area (Å²) in [5.74, 6) is 0.578. The van der Waals surface area contributed by atoms with Crippen LogP contribution in [0.3, 0.4) is 0 Å². The Morgan fingerprint density at radius 3 is 2.16 bits per heavy atom. The van der Waals surface area contributed by atoms with Crippen LogP contribution < -0.4 is 5.32 Å². The van der Waals surface area contributed by atoms with E-state index in [1.54, 1.807) is 0 Å². The first kappa shape index (κ1) is 14.1. The molecule has 19 heavy (non-hydrogen) atoms. The molecule has 100 valence electrons. The maximum absolute atomic E-state index is 6.09. The zero-order valence-corrected chi connectivity index (χ0v) is 12.2. The topological polar surface area (TPSA) is 12.0 Å². The van der Waals surface area contributed by atoms with Gasteiger partial charge in [-0.25, -0.2) is 0 Å². The molecular weight excluding hydrogens is 254 g/mol. The number of hydrogen-bond acceptors (Lipinski definition) is 1. The normalized spacial score (nSPS) is 12.4. The fourth-order valence-corrected chi connectivity index (χ4v) is 2.59. The fraction of sp³-hybridized carbons (Fsp3) is 0.294. The molecule has 2 aromatic rings. The number of aryl methyl sites for hydroxylation is 2. The molecule has 0 amide bonds. The molecule has 1 N–H and O–H groups in total. The largest absolute Gasteiger partial charge is 0.305 e. The molecule has 0 aliphatic rings. The van der Waals surface area contributed by atoms with Gasteiger partial charge in [0.1, 0.15) is 0 Å². The summed E-state index contributed by atoms with van der Waals surface area (Å²) in [6, 6.07) is 17.0. The quantitative estimate of drug-likeness (QED) is 0.798. The molecule has 0 radical (unpaired) electrons. The van der Waals surface area contributed by atoms with Gasteiger partial charge >= 0.3 is 0 Å². The molecule has 1 atom stereocenters. The monoisotopic (exact) mass is 273 g/mol. The van der Waals surface area contributed by atoms with E-state index in [1.807, 2.05) is 6.07 Å². The number of rotatable bonds is 5. The van der Waals surface area contributed by atoms with Gasteiger partial charge in [-0.1, -0.05) is 48.5 Å². The average Bonchev–Trinajstić information content (AvgIpc) is 2.43. The van der Waals surface area contributed by atoms with Crippen molar-refractivity contribution in [3.05, 3.63) is 70.8 Å². The number of alkyl halides is 1. The predicted molar refractivity (Wildman–Crippen MR) is 82.7 cm³/mol. The third-order valence-corrected chi connectivity index (χ3v) is 3.83. The smallest absolute Gasteiger partial charge is 0.0460 e. The standard InChI is InChI=1S/C17H20ClN/c1-13-7-6-8-14(2)16(13)12-19-17(11-18)15-9-4-3-5-10-15/h3-10,17,19H,11-12H2,1-2H3. The molecule has 2 aromatic carbocycles. The Balaban J connectivity index is 2.09. The van der Waals surface area contributed by atoms with Crippen LogP contribution in [0.2, 0.25) is 0 Å². The Morgan fingerprint density at radius 2 is 1.58 bits per heavy atom. The third kappa shape index (κ3) is 3.59. The second-order valence-electron chi connectivity index (χ2n) is 4.87. The summed E-state index contributed by atoms with van der Waals surface area (Å²) in [6.45, 7) is 5.16. The lowest BCUT2D eigenvalue weighted by Gasteiger charge is -2.18. The molecule has 0 aliphatic carbocycles. The highest BCUT2D eigenvalue weighted by atomic mass is 35.5. The highest BCUT2D eigenvalue weighted by molar-refractivity contribution is 6.18. The van der Waals surface area contributed by atoms with Gasteiger partial charge in [0.05, 0.1) is 0 Å². The van der Waals surface area contributed by atoms with E-state index in [1.165, 1.54) is 22.3 Å². The SMILES string of the molecule is Cc1cccc(C)c1CNC(CCl)c1ccccc1. The minimum atomic E-state index is 0.196. The van der Waals surface area contributed by atoms with E-state index in [9.17, 15) is 0 Å². The summed E-state index contributed by atoms with van der Waals surface area (Å²) in [5, 5.41) is 3.55. The second kappa shape index (κ2) is 6.74. The highest BCUT2D eigenvalue weighted by Crippen LogP contribution is 2.18.